The van der Waals surface area contributed by atoms with Gasteiger partial charge in [-0.2, -0.15) is 0 Å². The van der Waals surface area contributed by atoms with Gasteiger partial charge in [0, 0.05) is 24.4 Å². The second-order valence-electron chi connectivity index (χ2n) is 6.97. The van der Waals surface area contributed by atoms with Crippen molar-refractivity contribution in [2.75, 3.05) is 12.4 Å². The smallest absolute Gasteiger partial charge is 0.242 e. The van der Waals surface area contributed by atoms with Crippen LogP contribution in [0.2, 0.25) is 5.02 Å². The van der Waals surface area contributed by atoms with Gasteiger partial charge in [-0.15, -0.1) is 10.2 Å². The van der Waals surface area contributed by atoms with Crippen LogP contribution < -0.4 is 10.1 Å². The number of anilines is 1. The Morgan fingerprint density at radius 2 is 1.78 bits per heavy atom. The summed E-state index contributed by atoms with van der Waals surface area (Å²) in [6, 6.07) is 24.3. The summed E-state index contributed by atoms with van der Waals surface area (Å²) in [6.07, 6.45) is 0. The van der Waals surface area contributed by atoms with Gasteiger partial charge in [-0.3, -0.25) is 4.79 Å². The van der Waals surface area contributed by atoms with Gasteiger partial charge in [-0.1, -0.05) is 71.9 Å². The van der Waals surface area contributed by atoms with Crippen molar-refractivity contribution in [3.63, 3.8) is 0 Å². The minimum Gasteiger partial charge on any atom is -0.497 e. The lowest BCUT2D eigenvalue weighted by atomic mass is 10.1. The molecular weight excluding hydrogens is 444 g/mol. The van der Waals surface area contributed by atoms with Crippen molar-refractivity contribution < 1.29 is 9.53 Å². The molecule has 32 heavy (non-hydrogen) atoms. The van der Waals surface area contributed by atoms with Crippen LogP contribution in [0.4, 0.5) is 5.69 Å². The Morgan fingerprint density at radius 1 is 1.03 bits per heavy atom. The number of aromatic nitrogens is 3. The predicted octanol–water partition coefficient (Wildman–Crippen LogP) is 5.62. The van der Waals surface area contributed by atoms with E-state index in [1.165, 1.54) is 11.8 Å². The van der Waals surface area contributed by atoms with E-state index in [4.69, 9.17) is 16.3 Å². The Bertz CT molecular complexity index is 1230. The summed E-state index contributed by atoms with van der Waals surface area (Å²) in [6.45, 7) is 0. The molecule has 8 heteroatoms. The molecule has 1 N–H and O–H groups in total. The van der Waals surface area contributed by atoms with E-state index in [1.54, 1.807) is 13.2 Å². The maximum atomic E-state index is 13.3. The summed E-state index contributed by atoms with van der Waals surface area (Å²) in [5, 5.41) is 12.3. The van der Waals surface area contributed by atoms with Gasteiger partial charge in [0.05, 0.1) is 12.1 Å². The van der Waals surface area contributed by atoms with Crippen LogP contribution >= 0.6 is 23.4 Å². The van der Waals surface area contributed by atoms with Crippen molar-refractivity contribution in [3.05, 3.63) is 89.4 Å². The fraction of sp³-hybridized carbons (Fsp3) is 0.125. The van der Waals surface area contributed by atoms with Gasteiger partial charge < -0.3 is 14.6 Å². The number of hydrogen-bond donors (Lipinski definition) is 1. The summed E-state index contributed by atoms with van der Waals surface area (Å²) < 4.78 is 7.11. The third-order valence-corrected chi connectivity index (χ3v) is 6.47. The van der Waals surface area contributed by atoms with Crippen molar-refractivity contribution in [3.8, 4) is 17.1 Å². The van der Waals surface area contributed by atoms with Crippen LogP contribution in [-0.4, -0.2) is 27.8 Å². The van der Waals surface area contributed by atoms with Gasteiger partial charge in [0.15, 0.2) is 11.0 Å². The largest absolute Gasteiger partial charge is 0.497 e. The van der Waals surface area contributed by atoms with E-state index in [2.05, 4.69) is 15.5 Å². The first-order chi connectivity index (χ1) is 15.6. The molecule has 0 fully saturated rings. The molecule has 0 aliphatic rings. The second-order valence-corrected chi connectivity index (χ2v) is 8.45. The summed E-state index contributed by atoms with van der Waals surface area (Å²) >= 11 is 7.67. The molecule has 4 rings (SSSR count). The number of thioether (sulfide) groups is 1. The Morgan fingerprint density at radius 3 is 2.53 bits per heavy atom. The topological polar surface area (TPSA) is 69.0 Å². The van der Waals surface area contributed by atoms with Crippen molar-refractivity contribution in [1.29, 1.82) is 0 Å². The molecule has 0 saturated carbocycles. The minimum absolute atomic E-state index is 0.170. The molecule has 0 aliphatic carbocycles. The van der Waals surface area contributed by atoms with Gasteiger partial charge in [0.1, 0.15) is 11.0 Å². The Kier molecular flexibility index (Phi) is 6.78. The molecule has 0 saturated heterocycles. The van der Waals surface area contributed by atoms with Crippen LogP contribution in [0.5, 0.6) is 5.75 Å². The maximum Gasteiger partial charge on any atom is 0.242 e. The number of methoxy groups -OCH3 is 1. The molecule has 0 bridgehead atoms. The molecule has 1 heterocycles. The predicted molar refractivity (Wildman–Crippen MR) is 128 cm³/mol. The number of halogens is 1. The van der Waals surface area contributed by atoms with E-state index in [-0.39, 0.29) is 5.91 Å². The summed E-state index contributed by atoms with van der Waals surface area (Å²) in [5.74, 6) is 1.14. The summed E-state index contributed by atoms with van der Waals surface area (Å²) in [5.41, 5.74) is 2.30. The first-order valence-electron chi connectivity index (χ1n) is 9.87. The van der Waals surface area contributed by atoms with Crippen molar-refractivity contribution >= 4 is 35.0 Å². The highest BCUT2D eigenvalue weighted by Crippen LogP contribution is 2.37. The number of carbonyl (C=O) groups is 1. The fourth-order valence-electron chi connectivity index (χ4n) is 3.21. The zero-order valence-corrected chi connectivity index (χ0v) is 19.1. The van der Waals surface area contributed by atoms with Gasteiger partial charge in [0.2, 0.25) is 5.91 Å². The highest BCUT2D eigenvalue weighted by atomic mass is 35.5. The lowest BCUT2D eigenvalue weighted by Gasteiger charge is -2.17. The molecular formula is C24H21ClN4O2S. The second kappa shape index (κ2) is 9.89. The molecule has 1 atom stereocenters. The van der Waals surface area contributed by atoms with Crippen molar-refractivity contribution in [2.24, 2.45) is 7.05 Å². The average Bonchev–Trinajstić information content (AvgIpc) is 3.18. The Hall–Kier alpha value is -3.29. The molecule has 1 aromatic heterocycles. The number of ether oxygens (including phenoxy) is 1. The van der Waals surface area contributed by atoms with E-state index < -0.39 is 5.25 Å². The van der Waals surface area contributed by atoms with E-state index in [0.717, 1.165) is 11.1 Å². The highest BCUT2D eigenvalue weighted by molar-refractivity contribution is 8.00. The van der Waals surface area contributed by atoms with Crippen molar-refractivity contribution in [2.45, 2.75) is 10.4 Å². The average molecular weight is 465 g/mol. The zero-order chi connectivity index (χ0) is 22.5. The molecule has 4 aromatic rings. The molecule has 1 amide bonds. The van der Waals surface area contributed by atoms with Crippen LogP contribution in [0.1, 0.15) is 10.8 Å². The summed E-state index contributed by atoms with van der Waals surface area (Å²) in [4.78, 5) is 13.3. The lowest BCUT2D eigenvalue weighted by molar-refractivity contribution is -0.115. The summed E-state index contributed by atoms with van der Waals surface area (Å²) in [7, 11) is 3.46. The molecule has 1 unspecified atom stereocenters. The van der Waals surface area contributed by atoms with Gasteiger partial charge in [-0.05, 0) is 29.8 Å². The van der Waals surface area contributed by atoms with Crippen LogP contribution in [0, 0.1) is 0 Å². The van der Waals surface area contributed by atoms with Gasteiger partial charge in [0.25, 0.3) is 0 Å². The molecule has 0 aliphatic heterocycles. The number of benzene rings is 3. The van der Waals surface area contributed by atoms with E-state index >= 15 is 0 Å². The first kappa shape index (κ1) is 21.9. The fourth-order valence-corrected chi connectivity index (χ4v) is 4.43. The number of nitrogens with one attached hydrogen (secondary N) is 1. The van der Waals surface area contributed by atoms with E-state index in [9.17, 15) is 4.79 Å². The minimum atomic E-state index is -0.538. The maximum absolute atomic E-state index is 13.3. The van der Waals surface area contributed by atoms with E-state index in [0.29, 0.717) is 27.4 Å². The molecule has 162 valence electrons. The molecule has 0 spiro atoms. The number of rotatable bonds is 7. The molecule has 6 nitrogen and oxygen atoms in total. The Labute approximate surface area is 195 Å². The number of amides is 1. The molecule has 3 aromatic carbocycles. The standard InChI is InChI=1S/C24H21ClN4O2S/c1-29-22(19-13-6-7-14-20(19)25)27-28-24(29)32-21(16-9-4-3-5-10-16)23(30)26-17-11-8-12-18(15-17)31-2/h3-15,21H,1-2H3,(H,26,30). The van der Waals surface area contributed by atoms with Gasteiger partial charge in [-0.25, -0.2) is 0 Å². The normalized spacial score (nSPS) is 11.7. The Balaban J connectivity index is 1.64. The van der Waals surface area contributed by atoms with Crippen LogP contribution in [0.15, 0.2) is 84.0 Å². The molecule has 0 radical (unpaired) electrons. The lowest BCUT2D eigenvalue weighted by Crippen LogP contribution is -2.19. The highest BCUT2D eigenvalue weighted by Gasteiger charge is 2.25. The van der Waals surface area contributed by atoms with Crippen molar-refractivity contribution in [1.82, 2.24) is 14.8 Å². The monoisotopic (exact) mass is 464 g/mol. The van der Waals surface area contributed by atoms with E-state index in [1.807, 2.05) is 84.4 Å². The van der Waals surface area contributed by atoms with Crippen LogP contribution in [0.25, 0.3) is 11.4 Å². The first-order valence-corrected chi connectivity index (χ1v) is 11.1. The SMILES string of the molecule is COc1cccc(NC(=O)C(Sc2nnc(-c3ccccc3Cl)n2C)c2ccccc2)c1. The number of nitrogens with zero attached hydrogens (tertiary/aromatic N) is 3. The third kappa shape index (κ3) is 4.79. The number of hydrogen-bond acceptors (Lipinski definition) is 5. The van der Waals surface area contributed by atoms with Gasteiger partial charge >= 0.3 is 0 Å². The van der Waals surface area contributed by atoms with Crippen LogP contribution in [0.3, 0.4) is 0 Å². The third-order valence-electron chi connectivity index (χ3n) is 4.85. The number of carbonyl (C=O) groups excluding carboxylic acids is 1. The quantitative estimate of drug-likeness (QED) is 0.360. The van der Waals surface area contributed by atoms with Crippen LogP contribution in [-0.2, 0) is 11.8 Å². The zero-order valence-electron chi connectivity index (χ0n) is 17.5.